The molecule has 0 heterocycles. The van der Waals surface area contributed by atoms with Crippen molar-refractivity contribution < 1.29 is 22.4 Å². The zero-order valence-electron chi connectivity index (χ0n) is 4.14. The molecule has 0 amide bonds. The van der Waals surface area contributed by atoms with Gasteiger partial charge in [0.1, 0.15) is 0 Å². The van der Waals surface area contributed by atoms with Crippen molar-refractivity contribution in [2.75, 3.05) is 0 Å². The molecule has 0 atom stereocenters. The van der Waals surface area contributed by atoms with Gasteiger partial charge in [-0.1, -0.05) is 18.2 Å². The van der Waals surface area contributed by atoms with E-state index in [1.54, 1.807) is 0 Å². The average Bonchev–Trinajstić information content (AvgIpc) is 1.69. The Morgan fingerprint density at radius 2 is 1.50 bits per heavy atom. The average molecular weight is 307 g/mol. The molecule has 1 aromatic carbocycles. The number of thiol groups is 1. The monoisotopic (exact) mass is 307 g/mol. The van der Waals surface area contributed by atoms with E-state index >= 15 is 0 Å². The Kier molecular flexibility index (Phi) is 4.38. The van der Waals surface area contributed by atoms with Crippen molar-refractivity contribution in [3.63, 3.8) is 0 Å². The second-order valence-electron chi connectivity index (χ2n) is 1.34. The fourth-order valence-corrected chi connectivity index (χ4v) is 0.600. The van der Waals surface area contributed by atoms with Crippen LogP contribution in [-0.4, -0.2) is 0 Å². The van der Waals surface area contributed by atoms with Crippen LogP contribution in [0.25, 0.3) is 0 Å². The second-order valence-corrected chi connectivity index (χ2v) is 1.85. The van der Waals surface area contributed by atoms with E-state index in [0.717, 1.165) is 4.90 Å². The molecule has 0 fully saturated rings. The van der Waals surface area contributed by atoms with Crippen molar-refractivity contribution in [2.45, 2.75) is 4.90 Å². The molecular weight excluding hydrogens is 301 g/mol. The quantitative estimate of drug-likeness (QED) is 0.550. The van der Waals surface area contributed by atoms with Crippen LogP contribution in [0.15, 0.2) is 35.2 Å². The fraction of sp³-hybridized carbons (Fsp3) is 0. The molecule has 0 aliphatic heterocycles. The SMILES string of the molecule is Sc1ccccc1.[Au]. The summed E-state index contributed by atoms with van der Waals surface area (Å²) in [5.74, 6) is 0. The van der Waals surface area contributed by atoms with Crippen molar-refractivity contribution in [2.24, 2.45) is 0 Å². The predicted molar refractivity (Wildman–Crippen MR) is 33.7 cm³/mol. The first kappa shape index (κ1) is 8.31. The van der Waals surface area contributed by atoms with Gasteiger partial charge in [0.15, 0.2) is 0 Å². The Bertz CT molecular complexity index is 138. The number of hydrogen-bond acceptors (Lipinski definition) is 1. The standard InChI is InChI=1S/C6H6S.Au/c7-6-4-2-1-3-5-6;/h1-5,7H;. The van der Waals surface area contributed by atoms with Crippen LogP contribution in [0.1, 0.15) is 0 Å². The molecule has 47 valence electrons. The van der Waals surface area contributed by atoms with E-state index in [2.05, 4.69) is 12.6 Å². The molecule has 0 aliphatic carbocycles. The van der Waals surface area contributed by atoms with Crippen molar-refractivity contribution in [3.8, 4) is 0 Å². The van der Waals surface area contributed by atoms with Crippen molar-refractivity contribution >= 4 is 12.6 Å². The molecule has 1 radical (unpaired) electrons. The van der Waals surface area contributed by atoms with Gasteiger partial charge < -0.3 is 0 Å². The Morgan fingerprint density at radius 1 is 1.00 bits per heavy atom. The van der Waals surface area contributed by atoms with Crippen molar-refractivity contribution in [1.82, 2.24) is 0 Å². The first-order valence-electron chi connectivity index (χ1n) is 2.13. The Balaban J connectivity index is 0.000000490. The molecule has 0 N–H and O–H groups in total. The van der Waals surface area contributed by atoms with Crippen LogP contribution in [0.3, 0.4) is 0 Å². The summed E-state index contributed by atoms with van der Waals surface area (Å²) in [6.07, 6.45) is 0. The minimum atomic E-state index is 0. The summed E-state index contributed by atoms with van der Waals surface area (Å²) in [6, 6.07) is 9.79. The van der Waals surface area contributed by atoms with Gasteiger partial charge in [0.05, 0.1) is 0 Å². The molecule has 1 aromatic rings. The van der Waals surface area contributed by atoms with Crippen LogP contribution in [-0.2, 0) is 22.4 Å². The van der Waals surface area contributed by atoms with Gasteiger partial charge in [-0.3, -0.25) is 0 Å². The van der Waals surface area contributed by atoms with E-state index in [-0.39, 0.29) is 22.4 Å². The summed E-state index contributed by atoms with van der Waals surface area (Å²) in [7, 11) is 0. The third-order valence-corrected chi connectivity index (χ3v) is 1.05. The largest absolute Gasteiger partial charge is 0.143 e. The van der Waals surface area contributed by atoms with Gasteiger partial charge in [0.2, 0.25) is 0 Å². The Hall–Kier alpha value is 0.310. The molecule has 0 spiro atoms. The number of rotatable bonds is 0. The van der Waals surface area contributed by atoms with Gasteiger partial charge in [-0.2, -0.15) is 0 Å². The summed E-state index contributed by atoms with van der Waals surface area (Å²) >= 11 is 4.08. The third-order valence-electron chi connectivity index (χ3n) is 0.756. The molecule has 0 nitrogen and oxygen atoms in total. The second kappa shape index (κ2) is 4.22. The maximum absolute atomic E-state index is 4.08. The smallest absolute Gasteiger partial charge is 0.00399 e. The van der Waals surface area contributed by atoms with Gasteiger partial charge in [0, 0.05) is 27.3 Å². The maximum Gasteiger partial charge on any atom is 0.00399 e. The fourth-order valence-electron chi connectivity index (χ4n) is 0.428. The van der Waals surface area contributed by atoms with Crippen LogP contribution in [0.4, 0.5) is 0 Å². The summed E-state index contributed by atoms with van der Waals surface area (Å²) in [5, 5.41) is 0. The zero-order chi connectivity index (χ0) is 5.11. The summed E-state index contributed by atoms with van der Waals surface area (Å²) in [6.45, 7) is 0. The van der Waals surface area contributed by atoms with Gasteiger partial charge in [-0.15, -0.1) is 12.6 Å². The molecule has 0 bridgehead atoms. The molecule has 1 rings (SSSR count). The molecule has 0 saturated heterocycles. The predicted octanol–water partition coefficient (Wildman–Crippen LogP) is 1.97. The topological polar surface area (TPSA) is 0 Å². The number of benzene rings is 1. The van der Waals surface area contributed by atoms with Crippen LogP contribution >= 0.6 is 12.6 Å². The summed E-state index contributed by atoms with van der Waals surface area (Å²) in [5.41, 5.74) is 0. The Labute approximate surface area is 70.2 Å². The van der Waals surface area contributed by atoms with E-state index in [1.807, 2.05) is 30.3 Å². The summed E-state index contributed by atoms with van der Waals surface area (Å²) < 4.78 is 0. The van der Waals surface area contributed by atoms with Gasteiger partial charge in [0.25, 0.3) is 0 Å². The van der Waals surface area contributed by atoms with Crippen LogP contribution < -0.4 is 0 Å². The van der Waals surface area contributed by atoms with E-state index in [9.17, 15) is 0 Å². The molecule has 0 aromatic heterocycles. The molecule has 2 heteroatoms. The number of hydrogen-bond donors (Lipinski definition) is 1. The van der Waals surface area contributed by atoms with Crippen molar-refractivity contribution in [1.29, 1.82) is 0 Å². The normalized spacial score (nSPS) is 7.62. The van der Waals surface area contributed by atoms with Crippen LogP contribution in [0.5, 0.6) is 0 Å². The van der Waals surface area contributed by atoms with Crippen LogP contribution in [0, 0.1) is 0 Å². The van der Waals surface area contributed by atoms with E-state index in [1.165, 1.54) is 0 Å². The Morgan fingerprint density at radius 3 is 1.75 bits per heavy atom. The minimum absolute atomic E-state index is 0. The molecular formula is C6H6AuS. The summed E-state index contributed by atoms with van der Waals surface area (Å²) in [4.78, 5) is 1.02. The zero-order valence-corrected chi connectivity index (χ0v) is 7.20. The van der Waals surface area contributed by atoms with Gasteiger partial charge in [-0.05, 0) is 12.1 Å². The van der Waals surface area contributed by atoms with Gasteiger partial charge >= 0.3 is 0 Å². The van der Waals surface area contributed by atoms with E-state index in [4.69, 9.17) is 0 Å². The first-order chi connectivity index (χ1) is 3.39. The van der Waals surface area contributed by atoms with Gasteiger partial charge in [-0.25, -0.2) is 0 Å². The molecule has 0 aliphatic rings. The molecule has 0 unspecified atom stereocenters. The minimum Gasteiger partial charge on any atom is -0.143 e. The van der Waals surface area contributed by atoms with Crippen molar-refractivity contribution in [3.05, 3.63) is 30.3 Å². The van der Waals surface area contributed by atoms with Crippen LogP contribution in [0.2, 0.25) is 0 Å². The van der Waals surface area contributed by atoms with E-state index in [0.29, 0.717) is 0 Å². The molecule has 8 heavy (non-hydrogen) atoms. The third kappa shape index (κ3) is 2.58. The van der Waals surface area contributed by atoms with E-state index < -0.39 is 0 Å². The first-order valence-corrected chi connectivity index (χ1v) is 2.58. The molecule has 0 saturated carbocycles. The maximum atomic E-state index is 4.08.